The normalized spacial score (nSPS) is 21.2. The van der Waals surface area contributed by atoms with Gasteiger partial charge in [0.05, 0.1) is 18.2 Å². The maximum Gasteiger partial charge on any atom is 0.269 e. The minimum absolute atomic E-state index is 0.0267. The average molecular weight is 399 g/mol. The number of nitrogens with zero attached hydrogens (tertiary/aromatic N) is 1. The van der Waals surface area contributed by atoms with E-state index in [2.05, 4.69) is 15.6 Å². The number of carbonyl (C=O) groups excluding carboxylic acids is 2. The third-order valence-corrected chi connectivity index (χ3v) is 4.64. The van der Waals surface area contributed by atoms with Gasteiger partial charge in [-0.05, 0) is 31.1 Å². The number of hydrogen-bond donors (Lipinski definition) is 4. The number of carbonyl (C=O) groups is 2. The molecule has 0 saturated carbocycles. The van der Waals surface area contributed by atoms with Gasteiger partial charge in [-0.3, -0.25) is 14.6 Å². The minimum atomic E-state index is -0.869. The van der Waals surface area contributed by atoms with Crippen LogP contribution in [0.2, 0.25) is 0 Å². The van der Waals surface area contributed by atoms with Crippen LogP contribution in [0.4, 0.5) is 0 Å². The Morgan fingerprint density at radius 2 is 2.14 bits per heavy atom. The molecule has 0 fully saturated rings. The minimum Gasteiger partial charge on any atom is -0.391 e. The van der Waals surface area contributed by atoms with Crippen LogP contribution in [0.25, 0.3) is 0 Å². The van der Waals surface area contributed by atoms with Crippen molar-refractivity contribution < 1.29 is 19.8 Å². The molecule has 1 aromatic heterocycles. The molecule has 0 aliphatic heterocycles. The van der Waals surface area contributed by atoms with Crippen molar-refractivity contribution in [1.29, 1.82) is 0 Å². The number of aliphatic hydroxyl groups excluding tert-OH is 2. The molecule has 29 heavy (non-hydrogen) atoms. The fraction of sp³-hybridized carbons (Fsp3) is 0.409. The Bertz CT molecular complexity index is 774. The molecular weight excluding hydrogens is 370 g/mol. The Kier molecular flexibility index (Phi) is 8.76. The summed E-state index contributed by atoms with van der Waals surface area (Å²) in [5.74, 6) is -1.10. The van der Waals surface area contributed by atoms with Gasteiger partial charge in [-0.2, -0.15) is 0 Å². The number of aliphatic hydroxyl groups is 2. The highest BCUT2D eigenvalue weighted by atomic mass is 16.3. The quantitative estimate of drug-likeness (QED) is 0.470. The molecule has 156 valence electrons. The van der Waals surface area contributed by atoms with Crippen LogP contribution in [0.1, 0.15) is 37.2 Å². The zero-order chi connectivity index (χ0) is 21.2. The number of aromatic nitrogens is 1. The molecular formula is C22H29N3O4. The standard InChI is InChI=1S/C22H29N3O4/c1-3-4-5-8-16-12-19(20(27)13-16)25-21(28)15(2)11-17(26)14-24-22(29)18-9-6-7-10-23-18/h3-10,12,15,17,19-20,26-27H,11,13-14H2,1-2H3,(H,24,29)(H,25,28)/b4-3-,8-5-. The first-order chi connectivity index (χ1) is 13.9. The summed E-state index contributed by atoms with van der Waals surface area (Å²) in [6.45, 7) is 3.65. The molecule has 1 aromatic rings. The van der Waals surface area contributed by atoms with Crippen LogP contribution in [0.3, 0.4) is 0 Å². The Labute approximate surface area is 171 Å². The van der Waals surface area contributed by atoms with E-state index in [1.165, 1.54) is 6.20 Å². The van der Waals surface area contributed by atoms with E-state index in [0.717, 1.165) is 5.57 Å². The molecule has 2 amide bonds. The van der Waals surface area contributed by atoms with Gasteiger partial charge in [0.15, 0.2) is 0 Å². The molecule has 4 N–H and O–H groups in total. The van der Waals surface area contributed by atoms with Crippen LogP contribution < -0.4 is 10.6 Å². The molecule has 0 aromatic carbocycles. The summed E-state index contributed by atoms with van der Waals surface area (Å²) in [7, 11) is 0. The predicted molar refractivity (Wildman–Crippen MR) is 111 cm³/mol. The Hall–Kier alpha value is -2.77. The molecule has 4 atom stereocenters. The summed E-state index contributed by atoms with van der Waals surface area (Å²) < 4.78 is 0. The Morgan fingerprint density at radius 3 is 2.83 bits per heavy atom. The molecule has 1 aliphatic rings. The molecule has 7 nitrogen and oxygen atoms in total. The van der Waals surface area contributed by atoms with Crippen LogP contribution in [-0.4, -0.2) is 51.8 Å². The van der Waals surface area contributed by atoms with Crippen molar-refractivity contribution in [3.05, 3.63) is 66.0 Å². The second kappa shape index (κ2) is 11.3. The van der Waals surface area contributed by atoms with E-state index < -0.39 is 24.2 Å². The number of hydrogen-bond acceptors (Lipinski definition) is 5. The predicted octanol–water partition coefficient (Wildman–Crippen LogP) is 1.51. The highest BCUT2D eigenvalue weighted by Gasteiger charge is 2.28. The van der Waals surface area contributed by atoms with Crippen LogP contribution in [0, 0.1) is 5.92 Å². The van der Waals surface area contributed by atoms with Crippen molar-refractivity contribution in [1.82, 2.24) is 15.6 Å². The Morgan fingerprint density at radius 1 is 1.34 bits per heavy atom. The third-order valence-electron chi connectivity index (χ3n) is 4.64. The lowest BCUT2D eigenvalue weighted by Gasteiger charge is -2.20. The van der Waals surface area contributed by atoms with Gasteiger partial charge in [0.2, 0.25) is 5.91 Å². The summed E-state index contributed by atoms with van der Waals surface area (Å²) in [5.41, 5.74) is 1.23. The van der Waals surface area contributed by atoms with Crippen LogP contribution in [-0.2, 0) is 4.79 Å². The van der Waals surface area contributed by atoms with E-state index in [-0.39, 0.29) is 30.5 Å². The molecule has 2 rings (SSSR count). The van der Waals surface area contributed by atoms with Crippen molar-refractivity contribution in [2.75, 3.05) is 6.54 Å². The van der Waals surface area contributed by atoms with Gasteiger partial charge >= 0.3 is 0 Å². The zero-order valence-corrected chi connectivity index (χ0v) is 16.8. The topological polar surface area (TPSA) is 112 Å². The van der Waals surface area contributed by atoms with Gasteiger partial charge < -0.3 is 20.8 Å². The maximum absolute atomic E-state index is 12.4. The summed E-state index contributed by atoms with van der Waals surface area (Å²) in [4.78, 5) is 28.3. The fourth-order valence-corrected chi connectivity index (χ4v) is 3.03. The highest BCUT2D eigenvalue weighted by molar-refractivity contribution is 5.92. The molecule has 4 unspecified atom stereocenters. The van der Waals surface area contributed by atoms with E-state index in [1.54, 1.807) is 25.1 Å². The van der Waals surface area contributed by atoms with E-state index in [1.807, 2.05) is 37.3 Å². The number of amides is 2. The molecule has 0 saturated heterocycles. The Balaban J connectivity index is 1.78. The zero-order valence-electron chi connectivity index (χ0n) is 16.8. The number of pyridine rings is 1. The number of rotatable bonds is 9. The van der Waals surface area contributed by atoms with Crippen molar-refractivity contribution in [3.8, 4) is 0 Å². The smallest absolute Gasteiger partial charge is 0.269 e. The van der Waals surface area contributed by atoms with Gasteiger partial charge in [0, 0.05) is 25.1 Å². The number of allylic oxidation sites excluding steroid dienone is 4. The maximum atomic E-state index is 12.4. The molecule has 0 radical (unpaired) electrons. The van der Waals surface area contributed by atoms with Gasteiger partial charge in [0.25, 0.3) is 5.91 Å². The third kappa shape index (κ3) is 7.29. The lowest BCUT2D eigenvalue weighted by Crippen LogP contribution is -2.43. The molecule has 0 spiro atoms. The van der Waals surface area contributed by atoms with Crippen LogP contribution in [0.5, 0.6) is 0 Å². The van der Waals surface area contributed by atoms with Crippen molar-refractivity contribution in [2.24, 2.45) is 5.92 Å². The van der Waals surface area contributed by atoms with E-state index >= 15 is 0 Å². The van der Waals surface area contributed by atoms with Crippen molar-refractivity contribution in [3.63, 3.8) is 0 Å². The summed E-state index contributed by atoms with van der Waals surface area (Å²) in [5, 5.41) is 25.7. The van der Waals surface area contributed by atoms with Gasteiger partial charge in [0.1, 0.15) is 5.69 Å². The van der Waals surface area contributed by atoms with E-state index in [0.29, 0.717) is 6.42 Å². The first-order valence-corrected chi connectivity index (χ1v) is 9.76. The average Bonchev–Trinajstić information content (AvgIpc) is 3.06. The lowest BCUT2D eigenvalue weighted by molar-refractivity contribution is -0.126. The van der Waals surface area contributed by atoms with Crippen LogP contribution in [0.15, 0.2) is 60.3 Å². The van der Waals surface area contributed by atoms with Gasteiger partial charge in [-0.25, -0.2) is 0 Å². The highest BCUT2D eigenvalue weighted by Crippen LogP contribution is 2.21. The second-order valence-corrected chi connectivity index (χ2v) is 7.15. The monoisotopic (exact) mass is 399 g/mol. The fourth-order valence-electron chi connectivity index (χ4n) is 3.03. The van der Waals surface area contributed by atoms with Gasteiger partial charge in [-0.1, -0.05) is 43.4 Å². The second-order valence-electron chi connectivity index (χ2n) is 7.15. The largest absolute Gasteiger partial charge is 0.391 e. The first-order valence-electron chi connectivity index (χ1n) is 9.76. The summed E-state index contributed by atoms with van der Waals surface area (Å²) in [6.07, 6.45) is 10.1. The lowest BCUT2D eigenvalue weighted by atomic mass is 10.0. The molecule has 1 heterocycles. The SMILES string of the molecule is C/C=C\C=C/C1=CC(NC(=O)C(C)CC(O)CNC(=O)c2ccccn2)C(O)C1. The van der Waals surface area contributed by atoms with Crippen LogP contribution >= 0.6 is 0 Å². The summed E-state index contributed by atoms with van der Waals surface area (Å²) in [6, 6.07) is 4.55. The molecule has 1 aliphatic carbocycles. The van der Waals surface area contributed by atoms with E-state index in [4.69, 9.17) is 0 Å². The summed E-state index contributed by atoms with van der Waals surface area (Å²) >= 11 is 0. The van der Waals surface area contributed by atoms with E-state index in [9.17, 15) is 19.8 Å². The molecule has 7 heteroatoms. The first kappa shape index (κ1) is 22.5. The number of nitrogens with one attached hydrogen (secondary N) is 2. The van der Waals surface area contributed by atoms with Crippen molar-refractivity contribution >= 4 is 11.8 Å². The molecule has 0 bridgehead atoms. The van der Waals surface area contributed by atoms with Crippen molar-refractivity contribution in [2.45, 2.75) is 44.9 Å². The van der Waals surface area contributed by atoms with Gasteiger partial charge in [-0.15, -0.1) is 0 Å².